The number of hydrogen-bond donors (Lipinski definition) is 1. The van der Waals surface area contributed by atoms with E-state index >= 15 is 0 Å². The summed E-state index contributed by atoms with van der Waals surface area (Å²) in [6.45, 7) is 6.88. The van der Waals surface area contributed by atoms with Gasteiger partial charge in [0.15, 0.2) is 5.16 Å². The van der Waals surface area contributed by atoms with Gasteiger partial charge < -0.3 is 9.88 Å². The molecule has 0 saturated heterocycles. The van der Waals surface area contributed by atoms with E-state index in [1.54, 1.807) is 11.8 Å². The van der Waals surface area contributed by atoms with Crippen LogP contribution in [0.4, 0.5) is 5.69 Å². The minimum absolute atomic E-state index is 0.1000. The lowest BCUT2D eigenvalue weighted by Gasteiger charge is -2.07. The molecule has 0 unspecified atom stereocenters. The van der Waals surface area contributed by atoms with Crippen molar-refractivity contribution < 1.29 is 4.79 Å². The highest BCUT2D eigenvalue weighted by atomic mass is 32.2. The van der Waals surface area contributed by atoms with Crippen molar-refractivity contribution in [2.45, 2.75) is 38.2 Å². The molecular formula is C21H21N5OS2. The van der Waals surface area contributed by atoms with Crippen LogP contribution in [0.25, 0.3) is 11.0 Å². The highest BCUT2D eigenvalue weighted by molar-refractivity contribution is 7.98. The number of imidazole rings is 1. The predicted molar refractivity (Wildman–Crippen MR) is 119 cm³/mol. The monoisotopic (exact) mass is 423 g/mol. The Balaban J connectivity index is 1.57. The van der Waals surface area contributed by atoms with Gasteiger partial charge in [-0.25, -0.2) is 15.0 Å². The highest BCUT2D eigenvalue weighted by Crippen LogP contribution is 2.26. The summed E-state index contributed by atoms with van der Waals surface area (Å²) in [5, 5.41) is 5.61. The largest absolute Gasteiger partial charge is 0.328 e. The van der Waals surface area contributed by atoms with Gasteiger partial charge in [0.25, 0.3) is 5.91 Å². The molecule has 3 heterocycles. The van der Waals surface area contributed by atoms with Gasteiger partial charge in [0, 0.05) is 23.6 Å². The molecule has 1 N–H and O–H groups in total. The fourth-order valence-electron chi connectivity index (χ4n) is 3.21. The lowest BCUT2D eigenvalue weighted by Crippen LogP contribution is -2.09. The standard InChI is InChI=1S/C21H21N5OS2/c1-4-26-17-8-7-15(24-20(27)18-6-5-9-28-18)11-16(17)25-19(26)12-29-21-22-13(2)10-14(3)23-21/h5-11H,4,12H2,1-3H3,(H,24,27). The Kier molecular flexibility index (Phi) is 5.64. The summed E-state index contributed by atoms with van der Waals surface area (Å²) < 4.78 is 2.19. The molecule has 6 nitrogen and oxygen atoms in total. The zero-order chi connectivity index (χ0) is 20.4. The van der Waals surface area contributed by atoms with E-state index in [1.807, 2.05) is 55.6 Å². The van der Waals surface area contributed by atoms with Crippen LogP contribution in [0.2, 0.25) is 0 Å². The van der Waals surface area contributed by atoms with Crippen molar-refractivity contribution in [2.24, 2.45) is 0 Å². The number of amides is 1. The van der Waals surface area contributed by atoms with E-state index in [-0.39, 0.29) is 5.91 Å². The summed E-state index contributed by atoms with van der Waals surface area (Å²) in [5.74, 6) is 1.55. The number of carbonyl (C=O) groups is 1. The van der Waals surface area contributed by atoms with E-state index in [4.69, 9.17) is 4.98 Å². The Morgan fingerprint density at radius 2 is 1.93 bits per heavy atom. The molecule has 8 heteroatoms. The molecule has 1 amide bonds. The number of anilines is 1. The van der Waals surface area contributed by atoms with Crippen molar-refractivity contribution in [2.75, 3.05) is 5.32 Å². The van der Waals surface area contributed by atoms with Gasteiger partial charge in [0.05, 0.1) is 21.7 Å². The van der Waals surface area contributed by atoms with Gasteiger partial charge >= 0.3 is 0 Å². The van der Waals surface area contributed by atoms with Gasteiger partial charge in [-0.1, -0.05) is 17.8 Å². The highest BCUT2D eigenvalue weighted by Gasteiger charge is 2.13. The summed E-state index contributed by atoms with van der Waals surface area (Å²) in [6.07, 6.45) is 0. The molecule has 0 bridgehead atoms. The molecule has 4 aromatic rings. The molecule has 1 aromatic carbocycles. The third kappa shape index (κ3) is 4.33. The van der Waals surface area contributed by atoms with E-state index in [1.165, 1.54) is 11.3 Å². The van der Waals surface area contributed by atoms with Gasteiger partial charge in [-0.2, -0.15) is 0 Å². The van der Waals surface area contributed by atoms with Gasteiger partial charge in [-0.15, -0.1) is 11.3 Å². The second kappa shape index (κ2) is 8.34. The Hall–Kier alpha value is -2.71. The number of thiophene rings is 1. The number of thioether (sulfide) groups is 1. The first kappa shape index (κ1) is 19.6. The first-order valence-electron chi connectivity index (χ1n) is 9.32. The molecule has 3 aromatic heterocycles. The number of nitrogens with one attached hydrogen (secondary N) is 1. The number of benzene rings is 1. The number of carbonyl (C=O) groups excluding carboxylic acids is 1. The number of nitrogens with zero attached hydrogens (tertiary/aromatic N) is 4. The van der Waals surface area contributed by atoms with Crippen molar-refractivity contribution in [3.63, 3.8) is 0 Å². The van der Waals surface area contributed by atoms with Crippen molar-refractivity contribution >= 4 is 45.7 Å². The molecule has 0 aliphatic rings. The van der Waals surface area contributed by atoms with Crippen LogP contribution in [0, 0.1) is 13.8 Å². The van der Waals surface area contributed by atoms with E-state index in [0.717, 1.165) is 45.6 Å². The molecule has 0 aliphatic heterocycles. The number of rotatable bonds is 6. The van der Waals surface area contributed by atoms with Gasteiger partial charge in [0.2, 0.25) is 0 Å². The van der Waals surface area contributed by atoms with Gasteiger partial charge in [-0.3, -0.25) is 4.79 Å². The first-order valence-corrected chi connectivity index (χ1v) is 11.2. The van der Waals surface area contributed by atoms with Crippen molar-refractivity contribution in [3.05, 3.63) is 63.9 Å². The number of fused-ring (bicyclic) bond motifs is 1. The second-order valence-corrected chi connectivity index (χ2v) is 8.52. The van der Waals surface area contributed by atoms with Crippen LogP contribution in [0.3, 0.4) is 0 Å². The molecule has 0 spiro atoms. The third-order valence-electron chi connectivity index (χ3n) is 4.44. The average molecular weight is 424 g/mol. The Labute approximate surface area is 177 Å². The fraction of sp³-hybridized carbons (Fsp3) is 0.238. The molecule has 0 aliphatic carbocycles. The van der Waals surface area contributed by atoms with E-state index < -0.39 is 0 Å². The molecule has 148 valence electrons. The summed E-state index contributed by atoms with van der Waals surface area (Å²) in [5.41, 5.74) is 4.60. The SMILES string of the molecule is CCn1c(CSc2nc(C)cc(C)n2)nc2cc(NC(=O)c3cccs3)ccc21. The summed E-state index contributed by atoms with van der Waals surface area (Å²) in [6, 6.07) is 11.5. The lowest BCUT2D eigenvalue weighted by atomic mass is 10.2. The summed E-state index contributed by atoms with van der Waals surface area (Å²) in [7, 11) is 0. The molecular weight excluding hydrogens is 402 g/mol. The minimum Gasteiger partial charge on any atom is -0.328 e. The zero-order valence-electron chi connectivity index (χ0n) is 16.5. The van der Waals surface area contributed by atoms with E-state index in [0.29, 0.717) is 10.6 Å². The Morgan fingerprint density at radius 3 is 2.62 bits per heavy atom. The van der Waals surface area contributed by atoms with Crippen LogP contribution >= 0.6 is 23.1 Å². The van der Waals surface area contributed by atoms with E-state index in [2.05, 4.69) is 26.8 Å². The van der Waals surface area contributed by atoms with Crippen LogP contribution in [0.5, 0.6) is 0 Å². The van der Waals surface area contributed by atoms with Gasteiger partial charge in [0.1, 0.15) is 5.82 Å². The maximum atomic E-state index is 12.3. The minimum atomic E-state index is -0.1000. The van der Waals surface area contributed by atoms with Crippen LogP contribution < -0.4 is 5.32 Å². The zero-order valence-corrected chi connectivity index (χ0v) is 18.1. The lowest BCUT2D eigenvalue weighted by molar-refractivity contribution is 0.103. The number of aromatic nitrogens is 4. The first-order chi connectivity index (χ1) is 14.0. The van der Waals surface area contributed by atoms with Crippen molar-refractivity contribution in [1.29, 1.82) is 0 Å². The topological polar surface area (TPSA) is 72.7 Å². The maximum absolute atomic E-state index is 12.3. The average Bonchev–Trinajstić information content (AvgIpc) is 3.33. The Bertz CT molecular complexity index is 1150. The van der Waals surface area contributed by atoms with Gasteiger partial charge in [-0.05, 0) is 56.5 Å². The third-order valence-corrected chi connectivity index (χ3v) is 6.15. The molecule has 0 fully saturated rings. The van der Waals surface area contributed by atoms with Crippen molar-refractivity contribution in [1.82, 2.24) is 19.5 Å². The van der Waals surface area contributed by atoms with Crippen LogP contribution in [0.1, 0.15) is 33.8 Å². The van der Waals surface area contributed by atoms with E-state index in [9.17, 15) is 4.79 Å². The normalized spacial score (nSPS) is 11.1. The summed E-state index contributed by atoms with van der Waals surface area (Å²) in [4.78, 5) is 26.8. The summed E-state index contributed by atoms with van der Waals surface area (Å²) >= 11 is 3.01. The molecule has 0 saturated carbocycles. The van der Waals surface area contributed by atoms with Crippen LogP contribution in [-0.2, 0) is 12.3 Å². The quantitative estimate of drug-likeness (QED) is 0.346. The second-order valence-electron chi connectivity index (χ2n) is 6.63. The molecule has 0 atom stereocenters. The van der Waals surface area contributed by atoms with Crippen LogP contribution in [-0.4, -0.2) is 25.4 Å². The Morgan fingerprint density at radius 1 is 1.14 bits per heavy atom. The van der Waals surface area contributed by atoms with Crippen molar-refractivity contribution in [3.8, 4) is 0 Å². The predicted octanol–water partition coefficient (Wildman–Crippen LogP) is 5.07. The number of hydrogen-bond acceptors (Lipinski definition) is 6. The molecule has 4 rings (SSSR count). The molecule has 0 radical (unpaired) electrons. The smallest absolute Gasteiger partial charge is 0.265 e. The fourth-order valence-corrected chi connectivity index (χ4v) is 4.72. The number of aryl methyl sites for hydroxylation is 3. The maximum Gasteiger partial charge on any atom is 0.265 e. The van der Waals surface area contributed by atoms with Crippen LogP contribution in [0.15, 0.2) is 46.9 Å². The molecule has 29 heavy (non-hydrogen) atoms.